The third-order valence-electron chi connectivity index (χ3n) is 6.57. The quantitative estimate of drug-likeness (QED) is 0.320. The summed E-state index contributed by atoms with van der Waals surface area (Å²) in [6.45, 7) is 5.00. The molecule has 4 nitrogen and oxygen atoms in total. The first-order valence-corrected chi connectivity index (χ1v) is 12.2. The number of nitrogens with zero attached hydrogens (tertiary/aromatic N) is 4. The molecule has 0 unspecified atom stereocenters. The lowest BCUT2D eigenvalue weighted by molar-refractivity contribution is 0.140. The molecule has 0 amide bonds. The van der Waals surface area contributed by atoms with Crippen LogP contribution >= 0.6 is 12.2 Å². The molecule has 3 aromatic carbocycles. The minimum Gasteiger partial charge on any atom is -0.284 e. The molecule has 2 heterocycles. The van der Waals surface area contributed by atoms with Gasteiger partial charge in [0.15, 0.2) is 5.82 Å². The van der Waals surface area contributed by atoms with Gasteiger partial charge in [0.1, 0.15) is 0 Å². The van der Waals surface area contributed by atoms with Gasteiger partial charge in [0, 0.05) is 24.3 Å². The first kappa shape index (κ1) is 21.8. The van der Waals surface area contributed by atoms with E-state index in [-0.39, 0.29) is 0 Å². The normalized spacial score (nSPS) is 15.1. The van der Waals surface area contributed by atoms with Crippen molar-refractivity contribution in [3.05, 3.63) is 101 Å². The van der Waals surface area contributed by atoms with Gasteiger partial charge in [-0.3, -0.25) is 9.47 Å². The summed E-state index contributed by atoms with van der Waals surface area (Å²) in [5.41, 5.74) is 4.81. The highest BCUT2D eigenvalue weighted by Gasteiger charge is 2.21. The molecular weight excluding hydrogens is 424 g/mol. The van der Waals surface area contributed by atoms with Crippen molar-refractivity contribution in [1.82, 2.24) is 19.2 Å². The first-order chi connectivity index (χ1) is 16.2. The predicted molar refractivity (Wildman–Crippen MR) is 137 cm³/mol. The second-order valence-electron chi connectivity index (χ2n) is 9.04. The number of likely N-dealkylation sites (tertiary alicyclic amines) is 1. The molecule has 0 spiro atoms. The van der Waals surface area contributed by atoms with Crippen LogP contribution in [-0.2, 0) is 13.1 Å². The highest BCUT2D eigenvalue weighted by atomic mass is 32.1. The summed E-state index contributed by atoms with van der Waals surface area (Å²) in [5, 5.41) is 5.00. The zero-order chi connectivity index (χ0) is 22.6. The van der Waals surface area contributed by atoms with Crippen molar-refractivity contribution < 1.29 is 0 Å². The molecule has 1 aliphatic heterocycles. The zero-order valence-electron chi connectivity index (χ0n) is 19.1. The first-order valence-electron chi connectivity index (χ1n) is 11.8. The van der Waals surface area contributed by atoms with E-state index in [1.807, 2.05) is 22.9 Å². The standard InChI is InChI=1S/C28H30N4S/c1-22-12-14-25(15-13-22)27-29-31(28(33)32(27)26-10-6-3-7-11-26)21-30-18-16-24(17-19-30)20-23-8-4-2-5-9-23/h2-15,24H,16-21H2,1H3. The van der Waals surface area contributed by atoms with Gasteiger partial charge >= 0.3 is 0 Å². The Hall–Kier alpha value is -3.02. The number of hydrogen-bond acceptors (Lipinski definition) is 3. The van der Waals surface area contributed by atoms with Crippen LogP contribution in [-0.4, -0.2) is 32.3 Å². The monoisotopic (exact) mass is 454 g/mol. The van der Waals surface area contributed by atoms with Gasteiger partial charge in [-0.15, -0.1) is 5.10 Å². The Morgan fingerprint density at radius 1 is 0.848 bits per heavy atom. The maximum atomic E-state index is 5.94. The van der Waals surface area contributed by atoms with E-state index in [0.717, 1.165) is 47.5 Å². The maximum absolute atomic E-state index is 5.94. The summed E-state index contributed by atoms with van der Waals surface area (Å²) in [6, 6.07) is 29.7. The average molecular weight is 455 g/mol. The average Bonchev–Trinajstić information content (AvgIpc) is 3.18. The lowest BCUT2D eigenvalue weighted by Gasteiger charge is -2.31. The second-order valence-corrected chi connectivity index (χ2v) is 9.40. The summed E-state index contributed by atoms with van der Waals surface area (Å²) in [5.74, 6) is 1.65. The van der Waals surface area contributed by atoms with Crippen molar-refractivity contribution in [1.29, 1.82) is 0 Å². The van der Waals surface area contributed by atoms with Crippen LogP contribution in [0.2, 0.25) is 0 Å². The molecule has 1 aliphatic rings. The summed E-state index contributed by atoms with van der Waals surface area (Å²) >= 11 is 5.94. The van der Waals surface area contributed by atoms with E-state index in [0.29, 0.717) is 0 Å². The number of piperidine rings is 1. The summed E-state index contributed by atoms with van der Waals surface area (Å²) in [4.78, 5) is 2.48. The molecule has 0 N–H and O–H groups in total. The third-order valence-corrected chi connectivity index (χ3v) is 6.97. The van der Waals surface area contributed by atoms with Crippen LogP contribution in [0, 0.1) is 17.6 Å². The lowest BCUT2D eigenvalue weighted by Crippen LogP contribution is -2.36. The molecule has 1 aromatic heterocycles. The van der Waals surface area contributed by atoms with Gasteiger partial charge in [0.25, 0.3) is 0 Å². The van der Waals surface area contributed by atoms with Crippen LogP contribution in [0.3, 0.4) is 0 Å². The van der Waals surface area contributed by atoms with Gasteiger partial charge in [-0.25, -0.2) is 4.68 Å². The van der Waals surface area contributed by atoms with E-state index in [4.69, 9.17) is 17.3 Å². The molecule has 0 saturated carbocycles. The van der Waals surface area contributed by atoms with Crippen LogP contribution in [0.1, 0.15) is 24.0 Å². The van der Waals surface area contributed by atoms with Crippen LogP contribution in [0.15, 0.2) is 84.9 Å². The Kier molecular flexibility index (Phi) is 6.51. The molecule has 5 rings (SSSR count). The Morgan fingerprint density at radius 3 is 2.15 bits per heavy atom. The van der Waals surface area contributed by atoms with Crippen molar-refractivity contribution in [2.75, 3.05) is 13.1 Å². The Balaban J connectivity index is 1.36. The Morgan fingerprint density at radius 2 is 1.48 bits per heavy atom. The van der Waals surface area contributed by atoms with Gasteiger partial charge < -0.3 is 0 Å². The lowest BCUT2D eigenvalue weighted by atomic mass is 9.90. The van der Waals surface area contributed by atoms with Gasteiger partial charge in [0.05, 0.1) is 6.67 Å². The molecule has 0 aliphatic carbocycles. The fourth-order valence-corrected chi connectivity index (χ4v) is 4.96. The molecule has 0 radical (unpaired) electrons. The number of aromatic nitrogens is 3. The third kappa shape index (κ3) is 5.00. The van der Waals surface area contributed by atoms with E-state index in [2.05, 4.69) is 83.1 Å². The predicted octanol–water partition coefficient (Wildman–Crippen LogP) is 6.29. The number of rotatable bonds is 6. The zero-order valence-corrected chi connectivity index (χ0v) is 19.9. The highest BCUT2D eigenvalue weighted by molar-refractivity contribution is 7.71. The van der Waals surface area contributed by atoms with Crippen LogP contribution in [0.5, 0.6) is 0 Å². The molecule has 168 valence electrons. The van der Waals surface area contributed by atoms with Gasteiger partial charge in [0.2, 0.25) is 4.77 Å². The number of benzene rings is 3. The number of aryl methyl sites for hydroxylation is 1. The fourth-order valence-electron chi connectivity index (χ4n) is 4.67. The van der Waals surface area contributed by atoms with E-state index >= 15 is 0 Å². The maximum Gasteiger partial charge on any atom is 0.204 e. The largest absolute Gasteiger partial charge is 0.284 e. The molecule has 0 atom stereocenters. The molecule has 33 heavy (non-hydrogen) atoms. The molecule has 1 fully saturated rings. The Labute approximate surface area is 201 Å². The SMILES string of the molecule is Cc1ccc(-c2nn(CN3CCC(Cc4ccccc4)CC3)c(=S)n2-c2ccccc2)cc1. The van der Waals surface area contributed by atoms with E-state index in [1.165, 1.54) is 30.4 Å². The van der Waals surface area contributed by atoms with E-state index < -0.39 is 0 Å². The van der Waals surface area contributed by atoms with E-state index in [1.54, 1.807) is 0 Å². The second kappa shape index (κ2) is 9.86. The Bertz CT molecular complexity index is 1230. The number of para-hydroxylation sites is 1. The molecule has 5 heteroatoms. The fraction of sp³-hybridized carbons (Fsp3) is 0.286. The van der Waals surface area contributed by atoms with Gasteiger partial charge in [-0.2, -0.15) is 0 Å². The minimum absolute atomic E-state index is 0.732. The summed E-state index contributed by atoms with van der Waals surface area (Å²) in [7, 11) is 0. The smallest absolute Gasteiger partial charge is 0.204 e. The van der Waals surface area contributed by atoms with Crippen molar-refractivity contribution in [2.24, 2.45) is 5.92 Å². The van der Waals surface area contributed by atoms with Crippen LogP contribution in [0.4, 0.5) is 0 Å². The van der Waals surface area contributed by atoms with Gasteiger partial charge in [-0.05, 0) is 62.0 Å². The summed E-state index contributed by atoms with van der Waals surface area (Å²) in [6.07, 6.45) is 3.60. The van der Waals surface area contributed by atoms with Crippen molar-refractivity contribution in [3.8, 4) is 17.1 Å². The van der Waals surface area contributed by atoms with Crippen molar-refractivity contribution in [2.45, 2.75) is 32.9 Å². The minimum atomic E-state index is 0.732. The van der Waals surface area contributed by atoms with Crippen LogP contribution in [0.25, 0.3) is 17.1 Å². The molecular formula is C28H30N4S. The summed E-state index contributed by atoms with van der Waals surface area (Å²) < 4.78 is 4.83. The molecule has 1 saturated heterocycles. The highest BCUT2D eigenvalue weighted by Crippen LogP contribution is 2.25. The van der Waals surface area contributed by atoms with Crippen molar-refractivity contribution in [3.63, 3.8) is 0 Å². The van der Waals surface area contributed by atoms with Gasteiger partial charge in [-0.1, -0.05) is 78.4 Å². The molecule has 0 bridgehead atoms. The van der Waals surface area contributed by atoms with E-state index in [9.17, 15) is 0 Å². The topological polar surface area (TPSA) is 26.0 Å². The van der Waals surface area contributed by atoms with Crippen LogP contribution < -0.4 is 0 Å². The van der Waals surface area contributed by atoms with Crippen molar-refractivity contribution >= 4 is 12.2 Å². The molecule has 4 aromatic rings. The number of hydrogen-bond donors (Lipinski definition) is 0.